The number of aromatic nitrogens is 1. The summed E-state index contributed by atoms with van der Waals surface area (Å²) in [4.78, 5) is 16.2. The van der Waals surface area contributed by atoms with Crippen molar-refractivity contribution in [2.24, 2.45) is 16.8 Å². The maximum absolute atomic E-state index is 10.8. The molecule has 0 atom stereocenters. The third-order valence-electron chi connectivity index (χ3n) is 3.57. The summed E-state index contributed by atoms with van der Waals surface area (Å²) in [6.07, 6.45) is 4.77. The minimum absolute atomic E-state index is 0.184. The van der Waals surface area contributed by atoms with Gasteiger partial charge in [0.15, 0.2) is 5.84 Å². The average molecular weight is 279 g/mol. The number of nitrogens with zero attached hydrogens (tertiary/aromatic N) is 4. The van der Waals surface area contributed by atoms with Crippen LogP contribution in [-0.2, 0) is 0 Å². The van der Waals surface area contributed by atoms with Crippen LogP contribution in [0.15, 0.2) is 17.4 Å². The maximum atomic E-state index is 10.8. The first-order valence-corrected chi connectivity index (χ1v) is 6.36. The average Bonchev–Trinajstić information content (AvgIpc) is 2.40. The molecule has 0 amide bonds. The molecule has 1 fully saturated rings. The topological polar surface area (TPSA) is 118 Å². The molecule has 0 bridgehead atoms. The van der Waals surface area contributed by atoms with Gasteiger partial charge in [0.1, 0.15) is 12.0 Å². The Bertz CT molecular complexity index is 542. The van der Waals surface area contributed by atoms with Crippen LogP contribution in [0.2, 0.25) is 0 Å². The van der Waals surface area contributed by atoms with Gasteiger partial charge < -0.3 is 15.8 Å². The molecule has 8 nitrogen and oxygen atoms in total. The van der Waals surface area contributed by atoms with E-state index in [1.165, 1.54) is 31.5 Å². The van der Waals surface area contributed by atoms with E-state index in [0.29, 0.717) is 11.7 Å². The fourth-order valence-electron chi connectivity index (χ4n) is 2.24. The Hall–Kier alpha value is -2.38. The van der Waals surface area contributed by atoms with Gasteiger partial charge in [0.05, 0.1) is 10.5 Å². The van der Waals surface area contributed by atoms with E-state index in [1.54, 1.807) is 0 Å². The molecular weight excluding hydrogens is 262 g/mol. The summed E-state index contributed by atoms with van der Waals surface area (Å²) in [5, 5.41) is 22.5. The molecule has 0 radical (unpaired) electrons. The second kappa shape index (κ2) is 5.72. The van der Waals surface area contributed by atoms with Crippen LogP contribution < -0.4 is 10.6 Å². The first kappa shape index (κ1) is 14.0. The van der Waals surface area contributed by atoms with E-state index in [0.717, 1.165) is 6.54 Å². The summed E-state index contributed by atoms with van der Waals surface area (Å²) in [5.74, 6) is 0.909. The number of nitro groups is 1. The Morgan fingerprint density at radius 1 is 1.70 bits per heavy atom. The van der Waals surface area contributed by atoms with Crippen LogP contribution >= 0.6 is 0 Å². The van der Waals surface area contributed by atoms with E-state index in [-0.39, 0.29) is 17.1 Å². The number of anilines is 1. The predicted molar refractivity (Wildman–Crippen MR) is 74.0 cm³/mol. The number of pyridine rings is 1. The summed E-state index contributed by atoms with van der Waals surface area (Å²) < 4.78 is 0. The van der Waals surface area contributed by atoms with Crippen LogP contribution in [0, 0.1) is 16.0 Å². The third-order valence-corrected chi connectivity index (χ3v) is 3.57. The van der Waals surface area contributed by atoms with Gasteiger partial charge in [-0.2, -0.15) is 0 Å². The lowest BCUT2D eigenvalue weighted by atomic mass is 9.85. The molecule has 1 aromatic heterocycles. The van der Waals surface area contributed by atoms with Gasteiger partial charge in [-0.25, -0.2) is 4.98 Å². The van der Waals surface area contributed by atoms with Gasteiger partial charge in [-0.15, -0.1) is 0 Å². The zero-order valence-electron chi connectivity index (χ0n) is 11.2. The predicted octanol–water partition coefficient (Wildman–Crippen LogP) is 1.32. The fraction of sp³-hybridized carbons (Fsp3) is 0.500. The highest BCUT2D eigenvalue weighted by atomic mass is 16.6. The molecule has 1 heterocycles. The Kier molecular flexibility index (Phi) is 4.02. The number of hydrogen-bond acceptors (Lipinski definition) is 6. The fourth-order valence-corrected chi connectivity index (χ4v) is 2.24. The van der Waals surface area contributed by atoms with Crippen molar-refractivity contribution < 1.29 is 10.1 Å². The molecule has 1 aromatic rings. The van der Waals surface area contributed by atoms with Crippen molar-refractivity contribution in [3.8, 4) is 0 Å². The standard InChI is InChI=1S/C12H17N5O3/c1-16(7-8-3-2-4-8)12-10(11(13)15-18)5-9(6-14-12)17(19)20/h5-6,8,18H,2-4,7H2,1H3,(H2,13,15). The van der Waals surface area contributed by atoms with Gasteiger partial charge in [-0.05, 0) is 18.8 Å². The Morgan fingerprint density at radius 3 is 2.90 bits per heavy atom. The number of rotatable bonds is 5. The number of hydrogen-bond donors (Lipinski definition) is 2. The van der Waals surface area contributed by atoms with E-state index in [1.807, 2.05) is 11.9 Å². The quantitative estimate of drug-likeness (QED) is 0.276. The second-order valence-electron chi connectivity index (χ2n) is 4.98. The van der Waals surface area contributed by atoms with Crippen molar-refractivity contribution in [1.82, 2.24) is 4.98 Å². The number of oxime groups is 1. The van der Waals surface area contributed by atoms with Crippen LogP contribution in [0.25, 0.3) is 0 Å². The Balaban J connectivity index is 2.32. The summed E-state index contributed by atoms with van der Waals surface area (Å²) in [7, 11) is 1.85. The molecule has 0 aliphatic heterocycles. The molecule has 108 valence electrons. The van der Waals surface area contributed by atoms with E-state index < -0.39 is 4.92 Å². The monoisotopic (exact) mass is 279 g/mol. The van der Waals surface area contributed by atoms with Gasteiger partial charge in [0.25, 0.3) is 5.69 Å². The highest BCUT2D eigenvalue weighted by molar-refractivity contribution is 6.01. The van der Waals surface area contributed by atoms with Crippen molar-refractivity contribution in [3.05, 3.63) is 27.9 Å². The minimum atomic E-state index is -0.559. The smallest absolute Gasteiger partial charge is 0.288 e. The lowest BCUT2D eigenvalue weighted by molar-refractivity contribution is -0.385. The molecule has 8 heteroatoms. The third kappa shape index (κ3) is 2.79. The van der Waals surface area contributed by atoms with Crippen LogP contribution in [0.3, 0.4) is 0 Å². The van der Waals surface area contributed by atoms with Crippen LogP contribution in [-0.4, -0.2) is 34.5 Å². The number of amidine groups is 1. The van der Waals surface area contributed by atoms with Gasteiger partial charge >= 0.3 is 0 Å². The van der Waals surface area contributed by atoms with Gasteiger partial charge in [0.2, 0.25) is 0 Å². The molecular formula is C12H17N5O3. The van der Waals surface area contributed by atoms with Crippen molar-refractivity contribution in [1.29, 1.82) is 0 Å². The van der Waals surface area contributed by atoms with Gasteiger partial charge in [-0.3, -0.25) is 10.1 Å². The number of nitrogens with two attached hydrogens (primary N) is 1. The highest BCUT2D eigenvalue weighted by Gasteiger charge is 2.23. The minimum Gasteiger partial charge on any atom is -0.409 e. The normalized spacial score (nSPS) is 15.8. The molecule has 0 aromatic carbocycles. The van der Waals surface area contributed by atoms with Crippen molar-refractivity contribution >= 4 is 17.3 Å². The Labute approximate surface area is 116 Å². The maximum Gasteiger partial charge on any atom is 0.288 e. The van der Waals surface area contributed by atoms with E-state index in [4.69, 9.17) is 10.9 Å². The molecule has 20 heavy (non-hydrogen) atoms. The van der Waals surface area contributed by atoms with Gasteiger partial charge in [0, 0.05) is 19.7 Å². The van der Waals surface area contributed by atoms with Crippen molar-refractivity contribution in [3.63, 3.8) is 0 Å². The van der Waals surface area contributed by atoms with E-state index in [9.17, 15) is 10.1 Å². The summed E-state index contributed by atoms with van der Waals surface area (Å²) in [6, 6.07) is 1.27. The summed E-state index contributed by atoms with van der Waals surface area (Å²) in [6.45, 7) is 0.802. The lowest BCUT2D eigenvalue weighted by Gasteiger charge is -2.31. The Morgan fingerprint density at radius 2 is 2.40 bits per heavy atom. The molecule has 0 saturated heterocycles. The zero-order chi connectivity index (χ0) is 14.7. The van der Waals surface area contributed by atoms with E-state index >= 15 is 0 Å². The summed E-state index contributed by atoms with van der Waals surface area (Å²) >= 11 is 0. The van der Waals surface area contributed by atoms with Crippen LogP contribution in [0.4, 0.5) is 11.5 Å². The molecule has 1 aliphatic rings. The van der Waals surface area contributed by atoms with E-state index in [2.05, 4.69) is 10.1 Å². The molecule has 0 unspecified atom stereocenters. The van der Waals surface area contributed by atoms with Crippen molar-refractivity contribution in [2.45, 2.75) is 19.3 Å². The molecule has 1 aliphatic carbocycles. The van der Waals surface area contributed by atoms with Crippen molar-refractivity contribution in [2.75, 3.05) is 18.5 Å². The largest absolute Gasteiger partial charge is 0.409 e. The molecule has 3 N–H and O–H groups in total. The van der Waals surface area contributed by atoms with Gasteiger partial charge in [-0.1, -0.05) is 11.6 Å². The highest BCUT2D eigenvalue weighted by Crippen LogP contribution is 2.29. The first-order chi connectivity index (χ1) is 9.52. The zero-order valence-corrected chi connectivity index (χ0v) is 11.2. The SMILES string of the molecule is CN(CC1CCC1)c1ncc([N+](=O)[O-])cc1C(N)=NO. The second-order valence-corrected chi connectivity index (χ2v) is 4.98. The summed E-state index contributed by atoms with van der Waals surface area (Å²) in [5.41, 5.74) is 5.67. The first-order valence-electron chi connectivity index (χ1n) is 6.36. The lowest BCUT2D eigenvalue weighted by Crippen LogP contribution is -2.31. The van der Waals surface area contributed by atoms with Crippen LogP contribution in [0.5, 0.6) is 0 Å². The molecule has 0 spiro atoms. The van der Waals surface area contributed by atoms with Crippen LogP contribution in [0.1, 0.15) is 24.8 Å². The molecule has 2 rings (SSSR count). The molecule has 1 saturated carbocycles.